The summed E-state index contributed by atoms with van der Waals surface area (Å²) in [5, 5.41) is 12.6. The molecule has 2 N–H and O–H groups in total. The van der Waals surface area contributed by atoms with Gasteiger partial charge in [-0.2, -0.15) is 0 Å². The van der Waals surface area contributed by atoms with E-state index in [4.69, 9.17) is 21.4 Å². The number of aliphatic hydroxyl groups is 1. The van der Waals surface area contributed by atoms with Crippen LogP contribution in [0.5, 0.6) is 0 Å². The number of β-amino-alcohol motifs (C(OH)–C–C–N with tert-alkyl or cyclic N) is 1. The van der Waals surface area contributed by atoms with Crippen LogP contribution in [0.15, 0.2) is 48.2 Å². The number of carbonyl (C=O) groups is 2. The lowest BCUT2D eigenvalue weighted by Gasteiger charge is -2.16. The molecular weight excluding hydrogens is 360 g/mol. The van der Waals surface area contributed by atoms with Crippen molar-refractivity contribution in [3.8, 4) is 5.69 Å². The molecule has 26 heavy (non-hydrogen) atoms. The summed E-state index contributed by atoms with van der Waals surface area (Å²) >= 11 is 6.10. The van der Waals surface area contributed by atoms with Crippen molar-refractivity contribution in [2.24, 2.45) is 0 Å². The van der Waals surface area contributed by atoms with E-state index in [1.807, 2.05) is 0 Å². The monoisotopic (exact) mass is 376 g/mol. The molecule has 1 aromatic heterocycles. The number of esters is 1. The van der Waals surface area contributed by atoms with Gasteiger partial charge in [-0.1, -0.05) is 11.6 Å². The van der Waals surface area contributed by atoms with Crippen molar-refractivity contribution in [3.05, 3.63) is 53.2 Å². The molecule has 0 aliphatic carbocycles. The fraction of sp³-hybridized carbons (Fsp3) is 0.235. The zero-order chi connectivity index (χ0) is 18.7. The van der Waals surface area contributed by atoms with E-state index in [9.17, 15) is 9.59 Å². The van der Waals surface area contributed by atoms with Gasteiger partial charge in [-0.05, 0) is 18.2 Å². The second-order valence-electron chi connectivity index (χ2n) is 5.55. The standard InChI is InChI=1S/C17H17ClN4O4/c1-26-17(25)12-9-21(6-7-23)16(24)15(12)20-13-8-11(18)2-3-14(13)22-5-4-19-10-22/h2-5,8,10,20,23H,6-7,9H2,1H3. The fourth-order valence-corrected chi connectivity index (χ4v) is 2.89. The van der Waals surface area contributed by atoms with Gasteiger partial charge in [0.1, 0.15) is 5.70 Å². The molecule has 1 aliphatic rings. The molecule has 1 amide bonds. The van der Waals surface area contributed by atoms with Crippen LogP contribution in [0.1, 0.15) is 0 Å². The molecule has 0 bridgehead atoms. The van der Waals surface area contributed by atoms with Crippen LogP contribution in [0, 0.1) is 0 Å². The number of nitrogens with one attached hydrogen (secondary N) is 1. The number of amides is 1. The number of aliphatic hydroxyl groups excluding tert-OH is 1. The van der Waals surface area contributed by atoms with Crippen LogP contribution in [0.4, 0.5) is 5.69 Å². The molecule has 0 radical (unpaired) electrons. The first-order valence-corrected chi connectivity index (χ1v) is 8.19. The van der Waals surface area contributed by atoms with Crippen LogP contribution < -0.4 is 5.32 Å². The highest BCUT2D eigenvalue weighted by Crippen LogP contribution is 2.29. The largest absolute Gasteiger partial charge is 0.466 e. The Kier molecular flexibility index (Phi) is 5.24. The van der Waals surface area contributed by atoms with Crippen molar-refractivity contribution >= 4 is 29.2 Å². The number of hydrogen-bond acceptors (Lipinski definition) is 6. The summed E-state index contributed by atoms with van der Waals surface area (Å²) in [6.45, 7) is -0.0191. The first-order chi connectivity index (χ1) is 12.5. The van der Waals surface area contributed by atoms with Crippen LogP contribution in [0.25, 0.3) is 5.69 Å². The third-order valence-electron chi connectivity index (χ3n) is 3.95. The molecule has 0 fully saturated rings. The van der Waals surface area contributed by atoms with Crippen LogP contribution in [0.3, 0.4) is 0 Å². The number of halogens is 1. The van der Waals surface area contributed by atoms with Crippen molar-refractivity contribution in [1.82, 2.24) is 14.5 Å². The number of rotatable bonds is 6. The molecule has 9 heteroatoms. The molecule has 0 unspecified atom stereocenters. The Hall–Kier alpha value is -2.84. The predicted molar refractivity (Wildman–Crippen MR) is 94.9 cm³/mol. The molecule has 0 atom stereocenters. The van der Waals surface area contributed by atoms with Crippen molar-refractivity contribution in [2.45, 2.75) is 0 Å². The third-order valence-corrected chi connectivity index (χ3v) is 4.19. The maximum Gasteiger partial charge on any atom is 0.337 e. The van der Waals surface area contributed by atoms with Gasteiger partial charge in [0.25, 0.3) is 5.91 Å². The highest BCUT2D eigenvalue weighted by atomic mass is 35.5. The van der Waals surface area contributed by atoms with E-state index in [0.717, 1.165) is 0 Å². The highest BCUT2D eigenvalue weighted by Gasteiger charge is 2.34. The van der Waals surface area contributed by atoms with Gasteiger partial charge in [0, 0.05) is 24.0 Å². The second-order valence-corrected chi connectivity index (χ2v) is 5.99. The fourth-order valence-electron chi connectivity index (χ4n) is 2.72. The van der Waals surface area contributed by atoms with Crippen molar-refractivity contribution in [3.63, 3.8) is 0 Å². The van der Waals surface area contributed by atoms with E-state index in [1.165, 1.54) is 12.0 Å². The van der Waals surface area contributed by atoms with Crippen molar-refractivity contribution < 1.29 is 19.4 Å². The lowest BCUT2D eigenvalue weighted by atomic mass is 10.2. The number of anilines is 1. The van der Waals surface area contributed by atoms with Gasteiger partial charge >= 0.3 is 5.97 Å². The molecule has 8 nitrogen and oxygen atoms in total. The van der Waals surface area contributed by atoms with E-state index in [-0.39, 0.29) is 31.0 Å². The Bertz CT molecular complexity index is 864. The van der Waals surface area contributed by atoms with Crippen molar-refractivity contribution in [1.29, 1.82) is 0 Å². The normalized spacial score (nSPS) is 14.1. The maximum atomic E-state index is 12.6. The van der Waals surface area contributed by atoms with Gasteiger partial charge in [-0.3, -0.25) is 4.79 Å². The molecular formula is C17H17ClN4O4. The number of benzene rings is 1. The molecule has 3 rings (SSSR count). The molecule has 1 aliphatic heterocycles. The maximum absolute atomic E-state index is 12.6. The smallest absolute Gasteiger partial charge is 0.337 e. The number of nitrogens with zero attached hydrogens (tertiary/aromatic N) is 3. The van der Waals surface area contributed by atoms with Crippen molar-refractivity contribution in [2.75, 3.05) is 32.1 Å². The van der Waals surface area contributed by atoms with Gasteiger partial charge < -0.3 is 24.6 Å². The Morgan fingerprint density at radius 3 is 2.92 bits per heavy atom. The van der Waals surface area contributed by atoms with E-state index in [2.05, 4.69) is 10.3 Å². The summed E-state index contributed by atoms with van der Waals surface area (Å²) in [6, 6.07) is 5.14. The number of imidazole rings is 1. The highest BCUT2D eigenvalue weighted by molar-refractivity contribution is 6.31. The second kappa shape index (κ2) is 7.59. The molecule has 0 saturated heterocycles. The number of hydrogen-bond donors (Lipinski definition) is 2. The Morgan fingerprint density at radius 2 is 2.27 bits per heavy atom. The van der Waals surface area contributed by atoms with Gasteiger partial charge in [0.15, 0.2) is 0 Å². The third kappa shape index (κ3) is 3.42. The average Bonchev–Trinajstić information content (AvgIpc) is 3.26. The summed E-state index contributed by atoms with van der Waals surface area (Å²) in [7, 11) is 1.25. The SMILES string of the molecule is COC(=O)C1=C(Nc2cc(Cl)ccc2-n2ccnc2)C(=O)N(CCO)C1. The first-order valence-electron chi connectivity index (χ1n) is 7.81. The van der Waals surface area contributed by atoms with E-state index >= 15 is 0 Å². The lowest BCUT2D eigenvalue weighted by molar-refractivity contribution is -0.136. The van der Waals surface area contributed by atoms with Crippen LogP contribution >= 0.6 is 11.6 Å². The minimum absolute atomic E-state index is 0.0649. The number of methoxy groups -OCH3 is 1. The minimum atomic E-state index is -0.604. The summed E-state index contributed by atoms with van der Waals surface area (Å²) in [4.78, 5) is 30.1. The Labute approximate surface area is 154 Å². The molecule has 0 saturated carbocycles. The Morgan fingerprint density at radius 1 is 1.46 bits per heavy atom. The molecule has 0 spiro atoms. The minimum Gasteiger partial charge on any atom is -0.466 e. The number of aromatic nitrogens is 2. The van der Waals surface area contributed by atoms with Gasteiger partial charge in [-0.25, -0.2) is 9.78 Å². The molecule has 2 aromatic rings. The average molecular weight is 377 g/mol. The zero-order valence-corrected chi connectivity index (χ0v) is 14.7. The van der Waals surface area contributed by atoms with Crippen LogP contribution in [-0.2, 0) is 14.3 Å². The van der Waals surface area contributed by atoms with Crippen LogP contribution in [-0.4, -0.2) is 58.2 Å². The van der Waals surface area contributed by atoms with Gasteiger partial charge in [-0.15, -0.1) is 0 Å². The molecule has 2 heterocycles. The predicted octanol–water partition coefficient (Wildman–Crippen LogP) is 1.20. The quantitative estimate of drug-likeness (QED) is 0.735. The molecule has 1 aromatic carbocycles. The van der Waals surface area contributed by atoms with E-state index < -0.39 is 11.9 Å². The molecule has 136 valence electrons. The number of ether oxygens (including phenoxy) is 1. The summed E-state index contributed by atoms with van der Waals surface area (Å²) in [6.07, 6.45) is 4.98. The first kappa shape index (κ1) is 18.0. The van der Waals surface area contributed by atoms with Gasteiger partial charge in [0.2, 0.25) is 0 Å². The summed E-state index contributed by atoms with van der Waals surface area (Å²) in [5.74, 6) is -0.997. The van der Waals surface area contributed by atoms with Gasteiger partial charge in [0.05, 0.1) is 43.5 Å². The summed E-state index contributed by atoms with van der Waals surface area (Å²) < 4.78 is 6.54. The summed E-state index contributed by atoms with van der Waals surface area (Å²) in [5.41, 5.74) is 1.54. The van der Waals surface area contributed by atoms with Crippen LogP contribution in [0.2, 0.25) is 5.02 Å². The topological polar surface area (TPSA) is 96.7 Å². The zero-order valence-electron chi connectivity index (χ0n) is 14.0. The van der Waals surface area contributed by atoms with E-state index in [0.29, 0.717) is 16.4 Å². The lowest BCUT2D eigenvalue weighted by Crippen LogP contribution is -2.31. The Balaban J connectivity index is 2.02. The number of carbonyl (C=O) groups excluding carboxylic acids is 2. The van der Waals surface area contributed by atoms with E-state index in [1.54, 1.807) is 41.5 Å².